The number of nitrogens with one attached hydrogen (secondary N) is 3. The average Bonchev–Trinajstić information content (AvgIpc) is 2.84. The van der Waals surface area contributed by atoms with E-state index in [1.807, 2.05) is 0 Å². The highest BCUT2D eigenvalue weighted by atomic mass is 32.1. The molecule has 4 unspecified atom stereocenters. The first-order chi connectivity index (χ1) is 17.8. The van der Waals surface area contributed by atoms with Crippen molar-refractivity contribution in [3.05, 3.63) is 29.8 Å². The summed E-state index contributed by atoms with van der Waals surface area (Å²) in [5.74, 6) is -5.59. The summed E-state index contributed by atoms with van der Waals surface area (Å²) in [5.41, 5.74) is 16.6. The summed E-state index contributed by atoms with van der Waals surface area (Å²) in [6.07, 6.45) is -0.515. The zero-order chi connectivity index (χ0) is 28.8. The number of aliphatic imine (C=N–C) groups is 1. The van der Waals surface area contributed by atoms with Crippen molar-refractivity contribution in [2.75, 3.05) is 12.3 Å². The molecule has 0 spiro atoms. The van der Waals surface area contributed by atoms with E-state index in [9.17, 15) is 34.2 Å². The Balaban J connectivity index is 2.97. The number of benzene rings is 1. The lowest BCUT2D eigenvalue weighted by molar-refractivity contribution is -0.142. The Labute approximate surface area is 223 Å². The molecule has 16 heteroatoms. The molecule has 210 valence electrons. The molecule has 12 N–H and O–H groups in total. The Morgan fingerprint density at radius 3 is 1.97 bits per heavy atom. The number of hydrogen-bond donors (Lipinski definition) is 10. The topological polar surface area (TPSA) is 273 Å². The summed E-state index contributed by atoms with van der Waals surface area (Å²) < 4.78 is 0. The van der Waals surface area contributed by atoms with Gasteiger partial charge >= 0.3 is 11.9 Å². The van der Waals surface area contributed by atoms with Crippen LogP contribution in [0.15, 0.2) is 29.3 Å². The number of carbonyl (C=O) groups excluding carboxylic acids is 3. The number of carbonyl (C=O) groups is 5. The molecule has 1 aromatic carbocycles. The summed E-state index contributed by atoms with van der Waals surface area (Å²) in [4.78, 5) is 64.4. The minimum Gasteiger partial charge on any atom is -0.508 e. The molecule has 0 radical (unpaired) electrons. The van der Waals surface area contributed by atoms with Crippen molar-refractivity contribution in [2.24, 2.45) is 22.2 Å². The first-order valence-corrected chi connectivity index (χ1v) is 12.0. The van der Waals surface area contributed by atoms with Crippen LogP contribution in [0, 0.1) is 0 Å². The Morgan fingerprint density at radius 1 is 0.895 bits per heavy atom. The third kappa shape index (κ3) is 11.8. The number of amides is 3. The van der Waals surface area contributed by atoms with Gasteiger partial charge in [-0.15, -0.1) is 0 Å². The monoisotopic (exact) mass is 555 g/mol. The van der Waals surface area contributed by atoms with Crippen LogP contribution in [0.3, 0.4) is 0 Å². The number of guanidine groups is 1. The predicted octanol–water partition coefficient (Wildman–Crippen LogP) is -2.74. The maximum atomic E-state index is 13.1. The van der Waals surface area contributed by atoms with Gasteiger partial charge < -0.3 is 48.5 Å². The van der Waals surface area contributed by atoms with E-state index in [1.165, 1.54) is 24.3 Å². The summed E-state index contributed by atoms with van der Waals surface area (Å²) in [6.45, 7) is 0.150. The molecule has 38 heavy (non-hydrogen) atoms. The van der Waals surface area contributed by atoms with Crippen LogP contribution in [0.2, 0.25) is 0 Å². The van der Waals surface area contributed by atoms with Crippen LogP contribution in [0.5, 0.6) is 5.75 Å². The van der Waals surface area contributed by atoms with Crippen LogP contribution < -0.4 is 33.2 Å². The van der Waals surface area contributed by atoms with E-state index >= 15 is 0 Å². The number of nitrogens with zero attached hydrogens (tertiary/aromatic N) is 1. The van der Waals surface area contributed by atoms with Crippen molar-refractivity contribution in [3.63, 3.8) is 0 Å². The minimum atomic E-state index is -1.44. The van der Waals surface area contributed by atoms with Crippen LogP contribution in [0.4, 0.5) is 0 Å². The van der Waals surface area contributed by atoms with Gasteiger partial charge in [0.15, 0.2) is 5.96 Å². The van der Waals surface area contributed by atoms with Gasteiger partial charge in [-0.2, -0.15) is 12.6 Å². The first kappa shape index (κ1) is 32.0. The van der Waals surface area contributed by atoms with Gasteiger partial charge in [0.25, 0.3) is 0 Å². The van der Waals surface area contributed by atoms with Crippen molar-refractivity contribution in [1.82, 2.24) is 16.0 Å². The number of carboxylic acids is 2. The minimum absolute atomic E-state index is 0.00604. The van der Waals surface area contributed by atoms with E-state index in [4.69, 9.17) is 22.3 Å². The first-order valence-electron chi connectivity index (χ1n) is 11.4. The fraction of sp³-hybridized carbons (Fsp3) is 0.455. The molecule has 0 bridgehead atoms. The Hall–Kier alpha value is -4.05. The summed E-state index contributed by atoms with van der Waals surface area (Å²) in [7, 11) is 0. The number of rotatable bonds is 16. The van der Waals surface area contributed by atoms with Crippen LogP contribution in [-0.4, -0.2) is 87.4 Å². The molecule has 1 aromatic rings. The lowest BCUT2D eigenvalue weighted by Gasteiger charge is -2.24. The molecule has 3 amide bonds. The molecular formula is C22H33N7O8S. The second-order valence-electron chi connectivity index (χ2n) is 8.23. The number of phenols is 1. The summed E-state index contributed by atoms with van der Waals surface area (Å²) >= 11 is 4.06. The van der Waals surface area contributed by atoms with Crippen LogP contribution in [-0.2, 0) is 30.4 Å². The Kier molecular flexibility index (Phi) is 13.4. The number of thiol groups is 1. The van der Waals surface area contributed by atoms with Crippen LogP contribution in [0.25, 0.3) is 0 Å². The number of nitrogens with two attached hydrogens (primary N) is 3. The number of aliphatic carboxylic acids is 2. The Bertz CT molecular complexity index is 1020. The molecule has 0 saturated heterocycles. The average molecular weight is 556 g/mol. The smallest absolute Gasteiger partial charge is 0.326 e. The zero-order valence-corrected chi connectivity index (χ0v) is 21.3. The summed E-state index contributed by atoms with van der Waals surface area (Å²) in [6, 6.07) is 0.425. The fourth-order valence-corrected chi connectivity index (χ4v) is 3.39. The van der Waals surface area contributed by atoms with E-state index in [2.05, 4.69) is 33.6 Å². The summed E-state index contributed by atoms with van der Waals surface area (Å²) in [5, 5.41) is 34.9. The van der Waals surface area contributed by atoms with Gasteiger partial charge in [-0.3, -0.25) is 24.2 Å². The largest absolute Gasteiger partial charge is 0.508 e. The highest BCUT2D eigenvalue weighted by Crippen LogP contribution is 2.12. The highest BCUT2D eigenvalue weighted by molar-refractivity contribution is 7.80. The number of aromatic hydroxyl groups is 1. The van der Waals surface area contributed by atoms with Crippen molar-refractivity contribution in [2.45, 2.75) is 49.9 Å². The maximum absolute atomic E-state index is 13.1. The Morgan fingerprint density at radius 2 is 1.45 bits per heavy atom. The van der Waals surface area contributed by atoms with Crippen molar-refractivity contribution in [1.29, 1.82) is 0 Å². The molecule has 1 rings (SSSR count). The van der Waals surface area contributed by atoms with Gasteiger partial charge in [-0.25, -0.2) is 4.79 Å². The number of carboxylic acid groups (broad SMARTS) is 2. The van der Waals surface area contributed by atoms with Gasteiger partial charge in [0, 0.05) is 18.7 Å². The van der Waals surface area contributed by atoms with E-state index in [0.717, 1.165) is 0 Å². The van der Waals surface area contributed by atoms with Gasteiger partial charge in [0.1, 0.15) is 23.9 Å². The van der Waals surface area contributed by atoms with Crippen molar-refractivity contribution >= 4 is 48.2 Å². The molecule has 15 nitrogen and oxygen atoms in total. The third-order valence-corrected chi connectivity index (χ3v) is 5.48. The van der Waals surface area contributed by atoms with Gasteiger partial charge in [-0.05, 0) is 30.5 Å². The lowest BCUT2D eigenvalue weighted by Crippen LogP contribution is -2.58. The standard InChI is InChI=1S/C22H33N7O8S/c23-13(9-17(31)32)18(33)28-15(8-11-3-5-12(30)6-4-11)19(34)29-16(10-38)20(35)27-14(21(36)37)2-1-7-26-22(24)25/h3-6,13-16,30,38H,1-2,7-10,23H2,(H,27,35)(H,28,33)(H,29,34)(H,31,32)(H,36,37)(H4,24,25,26). The molecule has 0 aliphatic rings. The normalized spacial score (nSPS) is 13.7. The third-order valence-electron chi connectivity index (χ3n) is 5.12. The van der Waals surface area contributed by atoms with Crippen LogP contribution >= 0.6 is 12.6 Å². The quantitative estimate of drug-likeness (QED) is 0.0432. The molecule has 4 atom stereocenters. The highest BCUT2D eigenvalue weighted by Gasteiger charge is 2.30. The van der Waals surface area contributed by atoms with E-state index in [-0.39, 0.29) is 43.3 Å². The molecule has 0 aromatic heterocycles. The van der Waals surface area contributed by atoms with Gasteiger partial charge in [-0.1, -0.05) is 12.1 Å². The second-order valence-corrected chi connectivity index (χ2v) is 8.59. The maximum Gasteiger partial charge on any atom is 0.326 e. The SMILES string of the molecule is NC(N)=NCCCC(NC(=O)C(CS)NC(=O)C(Cc1ccc(O)cc1)NC(=O)C(N)CC(=O)O)C(=O)O. The molecule has 0 aliphatic heterocycles. The molecule has 0 heterocycles. The molecular weight excluding hydrogens is 522 g/mol. The fourth-order valence-electron chi connectivity index (χ4n) is 3.14. The number of hydrogen-bond acceptors (Lipinski definition) is 9. The van der Waals surface area contributed by atoms with Crippen LogP contribution in [0.1, 0.15) is 24.8 Å². The molecule has 0 fully saturated rings. The van der Waals surface area contributed by atoms with Crippen molar-refractivity contribution in [3.8, 4) is 5.75 Å². The van der Waals surface area contributed by atoms with Gasteiger partial charge in [0.05, 0.1) is 12.5 Å². The zero-order valence-electron chi connectivity index (χ0n) is 20.4. The number of phenolic OH excluding ortho intramolecular Hbond substituents is 1. The van der Waals surface area contributed by atoms with E-state index < -0.39 is 60.2 Å². The lowest BCUT2D eigenvalue weighted by atomic mass is 10.0. The van der Waals surface area contributed by atoms with E-state index in [1.54, 1.807) is 0 Å². The van der Waals surface area contributed by atoms with Gasteiger partial charge in [0.2, 0.25) is 17.7 Å². The van der Waals surface area contributed by atoms with Crippen molar-refractivity contribution < 1.29 is 39.3 Å². The second kappa shape index (κ2) is 15.9. The molecule has 0 saturated carbocycles. The van der Waals surface area contributed by atoms with E-state index in [0.29, 0.717) is 5.56 Å². The molecule has 0 aliphatic carbocycles. The predicted molar refractivity (Wildman–Crippen MR) is 139 cm³/mol.